The van der Waals surface area contributed by atoms with Gasteiger partial charge in [-0.25, -0.2) is 18.6 Å². The van der Waals surface area contributed by atoms with Gasteiger partial charge in [0.25, 0.3) is 0 Å². The van der Waals surface area contributed by atoms with Crippen LogP contribution in [0.4, 0.5) is 0 Å². The zero-order chi connectivity index (χ0) is 30.6. The summed E-state index contributed by atoms with van der Waals surface area (Å²) in [4.78, 5) is 5.67. The van der Waals surface area contributed by atoms with Gasteiger partial charge in [-0.3, -0.25) is 0 Å². The van der Waals surface area contributed by atoms with Crippen LogP contribution in [0.1, 0.15) is 98.4 Å². The predicted molar refractivity (Wildman–Crippen MR) is 163 cm³/mol. The average molecular weight is 660 g/mol. The van der Waals surface area contributed by atoms with Crippen LogP contribution < -0.4 is 18.6 Å². The Kier molecular flexibility index (Phi) is 12.5. The first-order chi connectivity index (χ1) is 17.3. The molecule has 0 saturated heterocycles. The highest BCUT2D eigenvalue weighted by molar-refractivity contribution is 9.11. The summed E-state index contributed by atoms with van der Waals surface area (Å²) in [6.45, 7) is 27.5. The van der Waals surface area contributed by atoms with E-state index in [-0.39, 0.29) is 21.7 Å². The molecular weight excluding hydrogens is 616 g/mol. The van der Waals surface area contributed by atoms with Crippen LogP contribution in [0.25, 0.3) is 6.08 Å². The summed E-state index contributed by atoms with van der Waals surface area (Å²) >= 11 is 7.64. The molecule has 0 saturated carbocycles. The van der Waals surface area contributed by atoms with Crippen LogP contribution in [-0.4, -0.2) is 0 Å². The van der Waals surface area contributed by atoms with Gasteiger partial charge in [0.2, 0.25) is 21.1 Å². The minimum Gasteiger partial charge on any atom is -0.222 e. The van der Waals surface area contributed by atoms with Crippen LogP contribution in [0, 0.1) is 21.1 Å². The first kappa shape index (κ1) is 36.3. The normalized spacial score (nSPS) is 16.0. The van der Waals surface area contributed by atoms with Gasteiger partial charge in [-0.15, -0.1) is 10.2 Å². The van der Waals surface area contributed by atoms with Gasteiger partial charge in [0.05, 0.1) is 0 Å². The van der Waals surface area contributed by atoms with E-state index in [2.05, 4.69) is 148 Å². The minimum atomic E-state index is -4.94. The van der Waals surface area contributed by atoms with Crippen molar-refractivity contribution in [3.8, 4) is 0 Å². The standard InChI is InChI=1S/C31H44BrS2.ClHO4/c1-28(2,3)24-17-21(18-25(33-24)29(4,5)6)13-15-23(32)16-14-22-19-26(30(7,8)9)34-27(20-22)31(10,11)12;2-1(3,4)5/h13-20H,1-12H3;(H,2,3,4,5)/q+1;/p-1. The summed E-state index contributed by atoms with van der Waals surface area (Å²) in [6, 6.07) is 4.68. The summed E-state index contributed by atoms with van der Waals surface area (Å²) < 4.78 is 35.0. The van der Waals surface area contributed by atoms with E-state index < -0.39 is 10.2 Å². The lowest BCUT2D eigenvalue weighted by molar-refractivity contribution is -2.00. The highest BCUT2D eigenvalue weighted by Crippen LogP contribution is 2.48. The van der Waals surface area contributed by atoms with Crippen molar-refractivity contribution < 1.29 is 28.9 Å². The predicted octanol–water partition coefficient (Wildman–Crippen LogP) is 6.69. The SMILES string of the molecule is CC(C)(C)C1=CC(=CC=C(Br)C=Cc2cc(C(C)(C)C)[s+]c(C(C)(C)C)c2)C=C(C(C)(C)C)S1.[O-][Cl+3]([O-])([O-])[O-]. The monoisotopic (exact) mass is 658 g/mol. The molecule has 2 rings (SSSR count). The fourth-order valence-corrected chi connectivity index (χ4v) is 5.86. The average Bonchev–Trinajstić information content (AvgIpc) is 2.72. The van der Waals surface area contributed by atoms with Crippen LogP contribution in [0.5, 0.6) is 0 Å². The van der Waals surface area contributed by atoms with Gasteiger partial charge in [0.1, 0.15) is 0 Å². The Balaban J connectivity index is 0.00000139. The summed E-state index contributed by atoms with van der Waals surface area (Å²) in [7, 11) is -4.94. The Morgan fingerprint density at radius 2 is 1.13 bits per heavy atom. The zero-order valence-electron chi connectivity index (χ0n) is 25.3. The zero-order valence-corrected chi connectivity index (χ0v) is 29.3. The molecule has 0 atom stereocenters. The first-order valence-electron chi connectivity index (χ1n) is 12.8. The van der Waals surface area contributed by atoms with E-state index >= 15 is 0 Å². The smallest absolute Gasteiger partial charge is 0.219 e. The van der Waals surface area contributed by atoms with E-state index in [4.69, 9.17) is 18.6 Å². The molecule has 0 spiro atoms. The molecule has 4 nitrogen and oxygen atoms in total. The topological polar surface area (TPSA) is 92.2 Å². The lowest BCUT2D eigenvalue weighted by atomic mass is 9.91. The number of thioether (sulfide) groups is 1. The molecule has 39 heavy (non-hydrogen) atoms. The van der Waals surface area contributed by atoms with Gasteiger partial charge in [-0.1, -0.05) is 123 Å². The van der Waals surface area contributed by atoms with Gasteiger partial charge in [0.15, 0.2) is 0 Å². The van der Waals surface area contributed by atoms with Crippen molar-refractivity contribution >= 4 is 45.1 Å². The fraction of sp³-hybridized carbons (Fsp3) is 0.516. The molecule has 1 aliphatic heterocycles. The number of hydrogen-bond acceptors (Lipinski definition) is 5. The van der Waals surface area contributed by atoms with Crippen molar-refractivity contribution in [1.29, 1.82) is 0 Å². The Labute approximate surface area is 255 Å². The molecule has 0 N–H and O–H groups in total. The second-order valence-corrected chi connectivity index (χ2v) is 17.5. The van der Waals surface area contributed by atoms with Crippen molar-refractivity contribution in [2.45, 2.75) is 93.9 Å². The molecule has 0 aliphatic carbocycles. The summed E-state index contributed by atoms with van der Waals surface area (Å²) in [5, 5.41) is 0. The quantitative estimate of drug-likeness (QED) is 0.266. The molecule has 0 fully saturated rings. The van der Waals surface area contributed by atoms with E-state index in [1.165, 1.54) is 30.7 Å². The maximum atomic E-state index is 8.49. The summed E-state index contributed by atoms with van der Waals surface area (Å²) in [6.07, 6.45) is 13.4. The Hall–Kier alpha value is -0.770. The van der Waals surface area contributed by atoms with Crippen LogP contribution in [0.3, 0.4) is 0 Å². The second kappa shape index (κ2) is 13.5. The highest BCUT2D eigenvalue weighted by atomic mass is 79.9. The molecule has 2 heterocycles. The Bertz CT molecular complexity index is 1090. The third-order valence-electron chi connectivity index (χ3n) is 5.46. The lowest BCUT2D eigenvalue weighted by Gasteiger charge is -2.31. The maximum Gasteiger partial charge on any atom is 0.219 e. The van der Waals surface area contributed by atoms with Crippen LogP contribution >= 0.6 is 39.0 Å². The fourth-order valence-electron chi connectivity index (χ4n) is 3.12. The number of allylic oxidation sites excluding steroid dienone is 9. The van der Waals surface area contributed by atoms with E-state index in [1.54, 1.807) is 0 Å². The molecule has 0 amide bonds. The molecule has 0 radical (unpaired) electrons. The molecular formula is C31H44BrClO4S2. The first-order valence-corrected chi connectivity index (χ1v) is 16.4. The largest absolute Gasteiger partial charge is 0.222 e. The molecule has 0 bridgehead atoms. The number of hydrogen-bond donors (Lipinski definition) is 0. The van der Waals surface area contributed by atoms with Crippen molar-refractivity contribution in [3.63, 3.8) is 0 Å². The molecule has 218 valence electrons. The van der Waals surface area contributed by atoms with Crippen LogP contribution in [-0.2, 0) is 10.8 Å². The van der Waals surface area contributed by atoms with E-state index in [1.807, 2.05) is 23.1 Å². The Morgan fingerprint density at radius 3 is 1.46 bits per heavy atom. The van der Waals surface area contributed by atoms with Gasteiger partial charge in [-0.2, -0.15) is 0 Å². The maximum absolute atomic E-state index is 8.49. The van der Waals surface area contributed by atoms with Crippen LogP contribution in [0.15, 0.2) is 62.4 Å². The number of rotatable bonds is 3. The van der Waals surface area contributed by atoms with E-state index in [0.717, 1.165) is 4.48 Å². The van der Waals surface area contributed by atoms with E-state index in [9.17, 15) is 0 Å². The lowest BCUT2D eigenvalue weighted by Crippen LogP contribution is -2.68. The summed E-state index contributed by atoms with van der Waals surface area (Å²) in [5.74, 6) is 0. The van der Waals surface area contributed by atoms with Gasteiger partial charge in [-0.05, 0) is 56.1 Å². The third-order valence-corrected chi connectivity index (χ3v) is 9.79. The van der Waals surface area contributed by atoms with Crippen LogP contribution in [0.2, 0.25) is 0 Å². The van der Waals surface area contributed by atoms with Crippen molar-refractivity contribution in [2.75, 3.05) is 0 Å². The van der Waals surface area contributed by atoms with Gasteiger partial charge < -0.3 is 0 Å². The van der Waals surface area contributed by atoms with Crippen molar-refractivity contribution in [1.82, 2.24) is 0 Å². The highest BCUT2D eigenvalue weighted by Gasteiger charge is 2.31. The second-order valence-electron chi connectivity index (χ2n) is 13.7. The molecule has 1 aliphatic rings. The van der Waals surface area contributed by atoms with E-state index in [0.29, 0.717) is 0 Å². The summed E-state index contributed by atoms with van der Waals surface area (Å²) in [5.41, 5.74) is 3.06. The molecule has 1 aromatic heterocycles. The molecule has 0 unspecified atom stereocenters. The van der Waals surface area contributed by atoms with Crippen molar-refractivity contribution in [2.24, 2.45) is 10.8 Å². The van der Waals surface area contributed by atoms with Gasteiger partial charge in [0, 0.05) is 27.4 Å². The third kappa shape index (κ3) is 14.1. The Morgan fingerprint density at radius 1 is 0.744 bits per heavy atom. The minimum absolute atomic E-state index is 0.138. The van der Waals surface area contributed by atoms with Gasteiger partial charge >= 0.3 is 0 Å². The number of halogens is 2. The molecule has 1 aromatic rings. The molecule has 0 aromatic carbocycles. The molecule has 8 heteroatoms. The van der Waals surface area contributed by atoms with Crippen molar-refractivity contribution in [3.05, 3.63) is 77.7 Å².